The van der Waals surface area contributed by atoms with E-state index in [9.17, 15) is 0 Å². The fraction of sp³-hybridized carbons (Fsp3) is 0.154. The highest BCUT2D eigenvalue weighted by Gasteiger charge is 2.09. The summed E-state index contributed by atoms with van der Waals surface area (Å²) >= 11 is 9.36. The minimum Gasteiger partial charge on any atom is -0.377 e. The number of hydrogen-bond acceptors (Lipinski definition) is 3. The molecule has 0 amide bonds. The van der Waals surface area contributed by atoms with Crippen molar-refractivity contribution < 1.29 is 0 Å². The quantitative estimate of drug-likeness (QED) is 0.902. The number of nitrogens with two attached hydrogens (primary N) is 1. The van der Waals surface area contributed by atoms with Crippen molar-refractivity contribution in [3.8, 4) is 0 Å². The Labute approximate surface area is 119 Å². The molecule has 1 aromatic carbocycles. The van der Waals surface area contributed by atoms with Crippen LogP contribution in [0.25, 0.3) is 0 Å². The lowest BCUT2D eigenvalue weighted by Gasteiger charge is -2.18. The van der Waals surface area contributed by atoms with Crippen LogP contribution in [0.3, 0.4) is 0 Å². The summed E-state index contributed by atoms with van der Waals surface area (Å²) in [7, 11) is 0. The third-order valence-corrected chi connectivity index (χ3v) is 3.80. The van der Waals surface area contributed by atoms with Gasteiger partial charge in [-0.1, -0.05) is 17.7 Å². The predicted octanol–water partition coefficient (Wildman–Crippen LogP) is 3.61. The second kappa shape index (κ2) is 6.18. The van der Waals surface area contributed by atoms with Gasteiger partial charge in [0.15, 0.2) is 0 Å². The molecule has 1 atom stereocenters. The van der Waals surface area contributed by atoms with Crippen LogP contribution in [0.4, 0.5) is 5.69 Å². The molecule has 1 heterocycles. The molecule has 0 saturated heterocycles. The minimum absolute atomic E-state index is 0.0341. The topological polar surface area (TPSA) is 50.9 Å². The van der Waals surface area contributed by atoms with Gasteiger partial charge in [0.05, 0.1) is 11.1 Å². The standard InChI is InChI=1S/C13H13BrClN3/c14-11-6-10(3-4-12(11)15)18-13(7-16)9-2-1-5-17-8-9/h1-6,8,13,18H,7,16H2. The third-order valence-electron chi connectivity index (χ3n) is 2.58. The zero-order valence-corrected chi connectivity index (χ0v) is 11.9. The number of aromatic nitrogens is 1. The van der Waals surface area contributed by atoms with Crippen LogP contribution in [0.15, 0.2) is 47.2 Å². The summed E-state index contributed by atoms with van der Waals surface area (Å²) in [5, 5.41) is 4.05. The molecule has 5 heteroatoms. The van der Waals surface area contributed by atoms with Crippen molar-refractivity contribution >= 4 is 33.2 Å². The number of halogens is 2. The summed E-state index contributed by atoms with van der Waals surface area (Å²) in [4.78, 5) is 4.10. The fourth-order valence-electron chi connectivity index (χ4n) is 1.65. The zero-order chi connectivity index (χ0) is 13.0. The van der Waals surface area contributed by atoms with Crippen LogP contribution >= 0.6 is 27.5 Å². The molecule has 1 aromatic heterocycles. The normalized spacial score (nSPS) is 12.2. The van der Waals surface area contributed by atoms with E-state index in [0.29, 0.717) is 11.6 Å². The molecular weight excluding hydrogens is 314 g/mol. The van der Waals surface area contributed by atoms with Crippen molar-refractivity contribution in [1.82, 2.24) is 4.98 Å². The molecule has 0 fully saturated rings. The Bertz CT molecular complexity index is 519. The number of rotatable bonds is 4. The molecule has 0 spiro atoms. The maximum absolute atomic E-state index is 5.96. The molecule has 94 valence electrons. The molecule has 18 heavy (non-hydrogen) atoms. The number of pyridine rings is 1. The van der Waals surface area contributed by atoms with E-state index >= 15 is 0 Å². The van der Waals surface area contributed by atoms with Gasteiger partial charge in [0.1, 0.15) is 0 Å². The number of anilines is 1. The van der Waals surface area contributed by atoms with E-state index in [-0.39, 0.29) is 6.04 Å². The summed E-state index contributed by atoms with van der Waals surface area (Å²) in [5.41, 5.74) is 7.82. The summed E-state index contributed by atoms with van der Waals surface area (Å²) < 4.78 is 0.858. The molecule has 0 aliphatic heterocycles. The van der Waals surface area contributed by atoms with Crippen molar-refractivity contribution in [1.29, 1.82) is 0 Å². The molecule has 3 N–H and O–H groups in total. The SMILES string of the molecule is NCC(Nc1ccc(Cl)c(Br)c1)c1cccnc1. The van der Waals surface area contributed by atoms with Crippen molar-refractivity contribution in [3.05, 3.63) is 57.8 Å². The van der Waals surface area contributed by atoms with E-state index in [1.165, 1.54) is 0 Å². The summed E-state index contributed by atoms with van der Waals surface area (Å²) in [6.07, 6.45) is 3.56. The molecule has 0 bridgehead atoms. The number of nitrogens with zero attached hydrogens (tertiary/aromatic N) is 1. The number of hydrogen-bond donors (Lipinski definition) is 2. The molecular formula is C13H13BrClN3. The fourth-order valence-corrected chi connectivity index (χ4v) is 2.14. The van der Waals surface area contributed by atoms with E-state index in [1.54, 1.807) is 6.20 Å². The predicted molar refractivity (Wildman–Crippen MR) is 78.8 cm³/mol. The van der Waals surface area contributed by atoms with Gasteiger partial charge in [-0.3, -0.25) is 4.98 Å². The van der Waals surface area contributed by atoms with Crippen LogP contribution in [-0.4, -0.2) is 11.5 Å². The average molecular weight is 327 g/mol. The van der Waals surface area contributed by atoms with Gasteiger partial charge < -0.3 is 11.1 Å². The van der Waals surface area contributed by atoms with Gasteiger partial charge in [0, 0.05) is 29.1 Å². The van der Waals surface area contributed by atoms with Crippen molar-refractivity contribution in [2.45, 2.75) is 6.04 Å². The van der Waals surface area contributed by atoms with Gasteiger partial charge >= 0.3 is 0 Å². The maximum Gasteiger partial charge on any atom is 0.0651 e. The molecule has 0 aliphatic carbocycles. The monoisotopic (exact) mass is 325 g/mol. The molecule has 0 aliphatic rings. The van der Waals surface area contributed by atoms with Gasteiger partial charge in [0.25, 0.3) is 0 Å². The first-order valence-electron chi connectivity index (χ1n) is 5.52. The first kappa shape index (κ1) is 13.3. The van der Waals surface area contributed by atoms with Crippen molar-refractivity contribution in [3.63, 3.8) is 0 Å². The Morgan fingerprint density at radius 2 is 2.22 bits per heavy atom. The Hall–Kier alpha value is -1.10. The van der Waals surface area contributed by atoms with Gasteiger partial charge in [0.2, 0.25) is 0 Å². The van der Waals surface area contributed by atoms with Gasteiger partial charge in [-0.2, -0.15) is 0 Å². The van der Waals surface area contributed by atoms with Crippen molar-refractivity contribution in [2.75, 3.05) is 11.9 Å². The van der Waals surface area contributed by atoms with Crippen LogP contribution < -0.4 is 11.1 Å². The second-order valence-corrected chi connectivity index (χ2v) is 5.11. The molecule has 2 rings (SSSR count). The molecule has 0 radical (unpaired) electrons. The molecule has 2 aromatic rings. The zero-order valence-electron chi connectivity index (χ0n) is 9.61. The summed E-state index contributed by atoms with van der Waals surface area (Å²) in [6, 6.07) is 9.63. The van der Waals surface area contributed by atoms with E-state index in [2.05, 4.69) is 26.2 Å². The van der Waals surface area contributed by atoms with E-state index in [1.807, 2.05) is 36.5 Å². The smallest absolute Gasteiger partial charge is 0.0651 e. The molecule has 1 unspecified atom stereocenters. The molecule has 3 nitrogen and oxygen atoms in total. The van der Waals surface area contributed by atoms with Gasteiger partial charge in [-0.25, -0.2) is 0 Å². The third kappa shape index (κ3) is 3.22. The first-order valence-corrected chi connectivity index (χ1v) is 6.69. The Balaban J connectivity index is 2.18. The highest BCUT2D eigenvalue weighted by molar-refractivity contribution is 9.10. The van der Waals surface area contributed by atoms with Crippen LogP contribution in [-0.2, 0) is 0 Å². The first-order chi connectivity index (χ1) is 8.70. The lowest BCUT2D eigenvalue weighted by molar-refractivity contribution is 0.785. The molecule has 0 saturated carbocycles. The highest BCUT2D eigenvalue weighted by atomic mass is 79.9. The minimum atomic E-state index is 0.0341. The lowest BCUT2D eigenvalue weighted by Crippen LogP contribution is -2.20. The number of nitrogens with one attached hydrogen (secondary N) is 1. The maximum atomic E-state index is 5.96. The number of benzene rings is 1. The van der Waals surface area contributed by atoms with Crippen LogP contribution in [0.1, 0.15) is 11.6 Å². The van der Waals surface area contributed by atoms with Crippen molar-refractivity contribution in [2.24, 2.45) is 5.73 Å². The highest BCUT2D eigenvalue weighted by Crippen LogP contribution is 2.27. The van der Waals surface area contributed by atoms with Crippen LogP contribution in [0.2, 0.25) is 5.02 Å². The van der Waals surface area contributed by atoms with E-state index in [4.69, 9.17) is 17.3 Å². The Morgan fingerprint density at radius 1 is 1.39 bits per heavy atom. The lowest BCUT2D eigenvalue weighted by atomic mass is 10.1. The average Bonchev–Trinajstić information content (AvgIpc) is 2.41. The largest absolute Gasteiger partial charge is 0.377 e. The summed E-state index contributed by atoms with van der Waals surface area (Å²) in [6.45, 7) is 0.492. The van der Waals surface area contributed by atoms with E-state index < -0.39 is 0 Å². The summed E-state index contributed by atoms with van der Waals surface area (Å²) in [5.74, 6) is 0. The Morgan fingerprint density at radius 3 is 2.83 bits per heavy atom. The Kier molecular flexibility index (Phi) is 4.58. The van der Waals surface area contributed by atoms with Crippen LogP contribution in [0, 0.1) is 0 Å². The second-order valence-electron chi connectivity index (χ2n) is 3.85. The van der Waals surface area contributed by atoms with E-state index in [0.717, 1.165) is 15.7 Å². The van der Waals surface area contributed by atoms with Gasteiger partial charge in [-0.15, -0.1) is 0 Å². The van der Waals surface area contributed by atoms with Gasteiger partial charge in [-0.05, 0) is 45.8 Å². The van der Waals surface area contributed by atoms with Crippen LogP contribution in [0.5, 0.6) is 0 Å².